The summed E-state index contributed by atoms with van der Waals surface area (Å²) in [5.74, 6) is 0. The van der Waals surface area contributed by atoms with Crippen LogP contribution in [0.5, 0.6) is 0 Å². The van der Waals surface area contributed by atoms with Gasteiger partial charge in [0.05, 0.1) is 0 Å². The van der Waals surface area contributed by atoms with E-state index in [2.05, 4.69) is 19.7 Å². The molecule has 3 heteroatoms. The van der Waals surface area contributed by atoms with Crippen LogP contribution in [-0.4, -0.2) is 0 Å². The van der Waals surface area contributed by atoms with Gasteiger partial charge in [-0.2, -0.15) is 35.9 Å². The van der Waals surface area contributed by atoms with Crippen molar-refractivity contribution in [3.05, 3.63) is 34.9 Å². The minimum atomic E-state index is 0.785. The van der Waals surface area contributed by atoms with Crippen LogP contribution in [-0.2, 0) is 16.3 Å². The summed E-state index contributed by atoms with van der Waals surface area (Å²) in [4.78, 5) is 0. The second-order valence-electron chi connectivity index (χ2n) is 1.64. The molecule has 0 aliphatic carbocycles. The van der Waals surface area contributed by atoms with Crippen molar-refractivity contribution in [1.29, 1.82) is 0 Å². The molecule has 0 saturated carbocycles. The summed E-state index contributed by atoms with van der Waals surface area (Å²) in [6.07, 6.45) is 0. The Morgan fingerprint density at radius 2 is 2.20 bits per heavy atom. The standard InChI is InChI=1S/C7H6Cl.BrH.Zn/c1-6-4-2-3-5-7(6)8;;/h2-3,5H,1H3;1H;/q-1;;+2/p-1. The van der Waals surface area contributed by atoms with Crippen LogP contribution in [0.4, 0.5) is 0 Å². The van der Waals surface area contributed by atoms with Crippen molar-refractivity contribution in [2.24, 2.45) is 0 Å². The molecule has 0 fully saturated rings. The topological polar surface area (TPSA) is 0 Å². The first-order valence-corrected chi connectivity index (χ1v) is 10.0. The van der Waals surface area contributed by atoms with Crippen molar-refractivity contribution < 1.29 is 16.3 Å². The predicted molar refractivity (Wildman–Crippen MR) is 44.0 cm³/mol. The van der Waals surface area contributed by atoms with E-state index in [9.17, 15) is 0 Å². The van der Waals surface area contributed by atoms with E-state index in [1.165, 1.54) is 16.3 Å². The summed E-state index contributed by atoms with van der Waals surface area (Å²) >= 11 is 9.93. The normalized spacial score (nSPS) is 8.10. The summed E-state index contributed by atoms with van der Waals surface area (Å²) in [5.41, 5.74) is 1.01. The Morgan fingerprint density at radius 1 is 1.60 bits per heavy atom. The van der Waals surface area contributed by atoms with Gasteiger partial charge < -0.3 is 0 Å². The molecule has 0 saturated heterocycles. The molecular weight excluding hydrogens is 265 g/mol. The van der Waals surface area contributed by atoms with E-state index in [4.69, 9.17) is 11.6 Å². The van der Waals surface area contributed by atoms with Gasteiger partial charge in [-0.1, -0.05) is 11.9 Å². The van der Waals surface area contributed by atoms with E-state index >= 15 is 0 Å². The quantitative estimate of drug-likeness (QED) is 0.501. The summed E-state index contributed by atoms with van der Waals surface area (Å²) in [5, 5.41) is 0.785. The van der Waals surface area contributed by atoms with Gasteiger partial charge in [0, 0.05) is 0 Å². The number of hydrogen-bond donors (Lipinski definition) is 0. The van der Waals surface area contributed by atoms with E-state index in [0.29, 0.717) is 0 Å². The zero-order valence-electron chi connectivity index (χ0n) is 5.70. The van der Waals surface area contributed by atoms with Gasteiger partial charge in [-0.05, 0) is 0 Å². The van der Waals surface area contributed by atoms with Gasteiger partial charge in [-0.3, -0.25) is 0 Å². The van der Waals surface area contributed by atoms with E-state index < -0.39 is 0 Å². The molecule has 0 unspecified atom stereocenters. The van der Waals surface area contributed by atoms with Crippen molar-refractivity contribution in [2.45, 2.75) is 6.92 Å². The SMILES string of the molecule is Cc1[c-]cccc1Cl.[Zn+][Br]. The van der Waals surface area contributed by atoms with E-state index in [-0.39, 0.29) is 0 Å². The maximum atomic E-state index is 5.68. The number of hydrogen-bond acceptors (Lipinski definition) is 0. The van der Waals surface area contributed by atoms with Gasteiger partial charge in [0.15, 0.2) is 0 Å². The Hall–Kier alpha value is 0.613. The molecule has 0 aromatic heterocycles. The van der Waals surface area contributed by atoms with Gasteiger partial charge in [-0.15, -0.1) is 5.56 Å². The van der Waals surface area contributed by atoms with Crippen molar-refractivity contribution in [1.82, 2.24) is 0 Å². The van der Waals surface area contributed by atoms with Crippen LogP contribution in [0, 0.1) is 13.0 Å². The molecule has 0 atom stereocenters. The average molecular weight is 271 g/mol. The van der Waals surface area contributed by atoms with E-state index in [1.54, 1.807) is 0 Å². The number of halogens is 2. The molecule has 10 heavy (non-hydrogen) atoms. The van der Waals surface area contributed by atoms with Crippen LogP contribution >= 0.6 is 25.2 Å². The van der Waals surface area contributed by atoms with E-state index in [1.807, 2.05) is 25.1 Å². The molecule has 0 heterocycles. The monoisotopic (exact) mass is 268 g/mol. The zero-order valence-corrected chi connectivity index (χ0v) is 11.0. The number of rotatable bonds is 0. The predicted octanol–water partition coefficient (Wildman–Crippen LogP) is 3.29. The number of benzene rings is 1. The van der Waals surface area contributed by atoms with Gasteiger partial charge in [-0.25, -0.2) is 0 Å². The molecule has 1 rings (SSSR count). The first-order valence-electron chi connectivity index (χ1n) is 2.70. The van der Waals surface area contributed by atoms with Gasteiger partial charge in [0.25, 0.3) is 0 Å². The summed E-state index contributed by atoms with van der Waals surface area (Å²) in [6, 6.07) is 8.54. The Labute approximate surface area is 83.0 Å². The zero-order chi connectivity index (χ0) is 7.98. The Kier molecular flexibility index (Phi) is 6.72. The fourth-order valence-corrected chi connectivity index (χ4v) is 0.627. The average Bonchev–Trinajstić information content (AvgIpc) is 2.00. The number of aryl methyl sites for hydroxylation is 1. The van der Waals surface area contributed by atoms with Crippen LogP contribution < -0.4 is 0 Å². The first-order chi connectivity index (χ1) is 4.80. The van der Waals surface area contributed by atoms with Crippen molar-refractivity contribution in [3.8, 4) is 0 Å². The van der Waals surface area contributed by atoms with Crippen molar-refractivity contribution in [2.75, 3.05) is 0 Å². The molecule has 50 valence electrons. The minimum absolute atomic E-state index is 0.785. The molecule has 0 N–H and O–H groups in total. The van der Waals surface area contributed by atoms with Crippen LogP contribution in [0.2, 0.25) is 5.02 Å². The van der Waals surface area contributed by atoms with Gasteiger partial charge in [0.2, 0.25) is 0 Å². The summed E-state index contributed by atoms with van der Waals surface area (Å²) in [6.45, 7) is 1.93. The molecule has 0 radical (unpaired) electrons. The van der Waals surface area contributed by atoms with E-state index in [0.717, 1.165) is 10.6 Å². The Balaban J connectivity index is 0.000000371. The third kappa shape index (κ3) is 3.70. The van der Waals surface area contributed by atoms with Crippen LogP contribution in [0.25, 0.3) is 0 Å². The van der Waals surface area contributed by atoms with Crippen LogP contribution in [0.15, 0.2) is 18.2 Å². The third-order valence-electron chi connectivity index (χ3n) is 0.997. The van der Waals surface area contributed by atoms with Crippen LogP contribution in [0.1, 0.15) is 5.56 Å². The molecule has 0 amide bonds. The Bertz CT molecular complexity index is 170. The van der Waals surface area contributed by atoms with Crippen molar-refractivity contribution in [3.63, 3.8) is 0 Å². The Morgan fingerprint density at radius 3 is 2.50 bits per heavy atom. The molecule has 0 bridgehead atoms. The molecule has 0 aliphatic rings. The maximum absolute atomic E-state index is 5.68. The van der Waals surface area contributed by atoms with Crippen LogP contribution in [0.3, 0.4) is 0 Å². The van der Waals surface area contributed by atoms with Gasteiger partial charge in [0.1, 0.15) is 0 Å². The van der Waals surface area contributed by atoms with Gasteiger partial charge >= 0.3 is 30.0 Å². The van der Waals surface area contributed by atoms with Crippen molar-refractivity contribution >= 4 is 25.2 Å². The first kappa shape index (κ1) is 10.6. The fraction of sp³-hybridized carbons (Fsp3) is 0.143. The molecule has 1 aromatic rings. The fourth-order valence-electron chi connectivity index (χ4n) is 0.500. The molecule has 0 nitrogen and oxygen atoms in total. The molecule has 1 aromatic carbocycles. The second kappa shape index (κ2) is 6.33. The third-order valence-corrected chi connectivity index (χ3v) is 1.41. The summed E-state index contributed by atoms with van der Waals surface area (Å²) in [7, 11) is 0. The molecule has 0 spiro atoms. The molecular formula is C7H6BrClZn. The molecule has 0 aliphatic heterocycles. The second-order valence-corrected chi connectivity index (χ2v) is 2.05. The summed E-state index contributed by atoms with van der Waals surface area (Å²) < 4.78 is 0.